The number of aromatic nitrogens is 2. The molecule has 0 radical (unpaired) electrons. The Labute approximate surface area is 109 Å². The molecule has 0 saturated heterocycles. The van der Waals surface area contributed by atoms with Gasteiger partial charge in [-0.1, -0.05) is 6.07 Å². The van der Waals surface area contributed by atoms with Crippen LogP contribution in [0.2, 0.25) is 0 Å². The Hall–Kier alpha value is -1.42. The molecule has 1 aromatic heterocycles. The fourth-order valence-corrected chi connectivity index (χ4v) is 1.95. The maximum atomic E-state index is 4.29. The second-order valence-corrected chi connectivity index (χ2v) is 4.83. The largest absolute Gasteiger partial charge is 0.376 e. The molecule has 2 rings (SSSR count). The van der Waals surface area contributed by atoms with E-state index >= 15 is 0 Å². The average molecular weight is 292 g/mol. The van der Waals surface area contributed by atoms with Gasteiger partial charge in [-0.3, -0.25) is 9.97 Å². The van der Waals surface area contributed by atoms with Crippen LogP contribution in [0.15, 0.2) is 41.3 Å². The van der Waals surface area contributed by atoms with Crippen LogP contribution in [0, 0.1) is 6.92 Å². The molecule has 1 aromatic carbocycles. The fourth-order valence-electron chi connectivity index (χ4n) is 1.59. The summed E-state index contributed by atoms with van der Waals surface area (Å²) in [7, 11) is 0. The first-order valence-electron chi connectivity index (χ1n) is 5.45. The van der Waals surface area contributed by atoms with Crippen LogP contribution in [0.5, 0.6) is 0 Å². The van der Waals surface area contributed by atoms with E-state index in [1.54, 1.807) is 18.6 Å². The predicted molar refractivity (Wildman–Crippen MR) is 72.9 cm³/mol. The second-order valence-electron chi connectivity index (χ2n) is 3.98. The van der Waals surface area contributed by atoms with Gasteiger partial charge in [0.1, 0.15) is 0 Å². The number of hydrogen-bond acceptors (Lipinski definition) is 3. The minimum absolute atomic E-state index is 0.127. The molecule has 17 heavy (non-hydrogen) atoms. The third-order valence-electron chi connectivity index (χ3n) is 2.52. The number of rotatable bonds is 3. The van der Waals surface area contributed by atoms with Gasteiger partial charge in [-0.2, -0.15) is 0 Å². The number of halogens is 1. The Morgan fingerprint density at radius 1 is 1.29 bits per heavy atom. The molecule has 1 unspecified atom stereocenters. The zero-order valence-electron chi connectivity index (χ0n) is 9.81. The first-order chi connectivity index (χ1) is 8.16. The Morgan fingerprint density at radius 2 is 2.12 bits per heavy atom. The van der Waals surface area contributed by atoms with Gasteiger partial charge < -0.3 is 5.32 Å². The first-order valence-corrected chi connectivity index (χ1v) is 6.24. The summed E-state index contributed by atoms with van der Waals surface area (Å²) in [5.74, 6) is 0. The summed E-state index contributed by atoms with van der Waals surface area (Å²) < 4.78 is 1.05. The van der Waals surface area contributed by atoms with Crippen LogP contribution in [-0.4, -0.2) is 9.97 Å². The normalized spacial score (nSPS) is 12.2. The van der Waals surface area contributed by atoms with E-state index in [1.165, 1.54) is 5.56 Å². The smallest absolute Gasteiger partial charge is 0.0806 e. The van der Waals surface area contributed by atoms with Crippen molar-refractivity contribution in [2.75, 3.05) is 5.32 Å². The highest BCUT2D eigenvalue weighted by Crippen LogP contribution is 2.26. The van der Waals surface area contributed by atoms with Gasteiger partial charge in [0.25, 0.3) is 0 Å². The lowest BCUT2D eigenvalue weighted by Gasteiger charge is -2.16. The van der Waals surface area contributed by atoms with E-state index in [4.69, 9.17) is 0 Å². The van der Waals surface area contributed by atoms with Crippen molar-refractivity contribution in [3.8, 4) is 0 Å². The van der Waals surface area contributed by atoms with Crippen LogP contribution < -0.4 is 5.32 Å². The minimum Gasteiger partial charge on any atom is -0.376 e. The molecular weight excluding hydrogens is 278 g/mol. The van der Waals surface area contributed by atoms with E-state index in [9.17, 15) is 0 Å². The Bertz CT molecular complexity index is 499. The van der Waals surface area contributed by atoms with Crippen molar-refractivity contribution in [3.63, 3.8) is 0 Å². The molecule has 88 valence electrons. The van der Waals surface area contributed by atoms with E-state index in [-0.39, 0.29) is 6.04 Å². The summed E-state index contributed by atoms with van der Waals surface area (Å²) in [4.78, 5) is 8.36. The first kappa shape index (κ1) is 12.0. The summed E-state index contributed by atoms with van der Waals surface area (Å²) in [5, 5.41) is 3.42. The summed E-state index contributed by atoms with van der Waals surface area (Å²) in [6.07, 6.45) is 5.17. The average Bonchev–Trinajstić information content (AvgIpc) is 2.35. The maximum Gasteiger partial charge on any atom is 0.0806 e. The van der Waals surface area contributed by atoms with E-state index in [0.29, 0.717) is 0 Å². The van der Waals surface area contributed by atoms with Gasteiger partial charge in [0.05, 0.1) is 17.9 Å². The molecule has 2 aromatic rings. The van der Waals surface area contributed by atoms with Crippen LogP contribution in [-0.2, 0) is 0 Å². The van der Waals surface area contributed by atoms with Gasteiger partial charge in [0, 0.05) is 22.6 Å². The van der Waals surface area contributed by atoms with E-state index < -0.39 is 0 Å². The lowest BCUT2D eigenvalue weighted by molar-refractivity contribution is 0.826. The van der Waals surface area contributed by atoms with Gasteiger partial charge >= 0.3 is 0 Å². The van der Waals surface area contributed by atoms with Gasteiger partial charge in [0.15, 0.2) is 0 Å². The van der Waals surface area contributed by atoms with Crippen molar-refractivity contribution in [2.45, 2.75) is 19.9 Å². The number of benzene rings is 1. The van der Waals surface area contributed by atoms with Crippen LogP contribution in [0.25, 0.3) is 0 Å². The van der Waals surface area contributed by atoms with Crippen molar-refractivity contribution in [2.24, 2.45) is 0 Å². The second kappa shape index (κ2) is 5.27. The SMILES string of the molecule is Cc1ccc(Br)c(NC(C)c2cnccn2)c1. The summed E-state index contributed by atoms with van der Waals surface area (Å²) in [5.41, 5.74) is 3.23. The zero-order chi connectivity index (χ0) is 12.3. The highest BCUT2D eigenvalue weighted by molar-refractivity contribution is 9.10. The van der Waals surface area contributed by atoms with Crippen molar-refractivity contribution >= 4 is 21.6 Å². The standard InChI is InChI=1S/C13H14BrN3/c1-9-3-4-11(14)12(7-9)17-10(2)13-8-15-5-6-16-13/h3-8,10,17H,1-2H3. The van der Waals surface area contributed by atoms with Crippen molar-refractivity contribution in [1.29, 1.82) is 0 Å². The van der Waals surface area contributed by atoms with Crippen LogP contribution in [0.4, 0.5) is 5.69 Å². The van der Waals surface area contributed by atoms with Gasteiger partial charge in [0.2, 0.25) is 0 Å². The highest BCUT2D eigenvalue weighted by atomic mass is 79.9. The molecule has 0 aliphatic carbocycles. The summed E-state index contributed by atoms with van der Waals surface area (Å²) in [6, 6.07) is 6.35. The lowest BCUT2D eigenvalue weighted by atomic mass is 10.2. The molecule has 0 aliphatic rings. The highest BCUT2D eigenvalue weighted by Gasteiger charge is 2.08. The third-order valence-corrected chi connectivity index (χ3v) is 3.21. The molecule has 1 atom stereocenters. The third kappa shape index (κ3) is 3.03. The Kier molecular flexibility index (Phi) is 3.74. The van der Waals surface area contributed by atoms with Crippen molar-refractivity contribution in [1.82, 2.24) is 9.97 Å². The van der Waals surface area contributed by atoms with E-state index in [2.05, 4.69) is 57.2 Å². The molecule has 0 fully saturated rings. The van der Waals surface area contributed by atoms with E-state index in [1.807, 2.05) is 6.07 Å². The van der Waals surface area contributed by atoms with Crippen molar-refractivity contribution in [3.05, 3.63) is 52.5 Å². The van der Waals surface area contributed by atoms with Gasteiger partial charge in [-0.25, -0.2) is 0 Å². The quantitative estimate of drug-likeness (QED) is 0.937. The van der Waals surface area contributed by atoms with Gasteiger partial charge in [-0.05, 0) is 47.5 Å². The monoisotopic (exact) mass is 291 g/mol. The van der Waals surface area contributed by atoms with Gasteiger partial charge in [-0.15, -0.1) is 0 Å². The molecule has 0 bridgehead atoms. The molecule has 4 heteroatoms. The molecular formula is C13H14BrN3. The molecule has 0 saturated carbocycles. The predicted octanol–water partition coefficient (Wildman–Crippen LogP) is 3.72. The Balaban J connectivity index is 2.18. The van der Waals surface area contributed by atoms with Crippen LogP contribution in [0.1, 0.15) is 24.2 Å². The van der Waals surface area contributed by atoms with E-state index in [0.717, 1.165) is 15.9 Å². The topological polar surface area (TPSA) is 37.8 Å². The van der Waals surface area contributed by atoms with Crippen LogP contribution in [0.3, 0.4) is 0 Å². The number of aryl methyl sites for hydroxylation is 1. The minimum atomic E-state index is 0.127. The number of nitrogens with one attached hydrogen (secondary N) is 1. The molecule has 1 heterocycles. The number of anilines is 1. The number of hydrogen-bond donors (Lipinski definition) is 1. The number of nitrogens with zero attached hydrogens (tertiary/aromatic N) is 2. The molecule has 3 nitrogen and oxygen atoms in total. The Morgan fingerprint density at radius 3 is 2.82 bits per heavy atom. The van der Waals surface area contributed by atoms with Crippen molar-refractivity contribution < 1.29 is 0 Å². The summed E-state index contributed by atoms with van der Waals surface area (Å²) in [6.45, 7) is 4.14. The maximum absolute atomic E-state index is 4.29. The molecule has 0 spiro atoms. The molecule has 0 aliphatic heterocycles. The zero-order valence-corrected chi connectivity index (χ0v) is 11.4. The fraction of sp³-hybridized carbons (Fsp3) is 0.231. The summed E-state index contributed by atoms with van der Waals surface area (Å²) >= 11 is 3.53. The lowest BCUT2D eigenvalue weighted by Crippen LogP contribution is -2.09. The molecule has 1 N–H and O–H groups in total. The van der Waals surface area contributed by atoms with Crippen LogP contribution >= 0.6 is 15.9 Å². The molecule has 0 amide bonds.